The Labute approximate surface area is 195 Å². The van der Waals surface area contributed by atoms with Crippen molar-refractivity contribution in [3.8, 4) is 16.9 Å². The summed E-state index contributed by atoms with van der Waals surface area (Å²) in [5.41, 5.74) is 0.877. The lowest BCUT2D eigenvalue weighted by Gasteiger charge is -2.23. The lowest BCUT2D eigenvalue weighted by atomic mass is 9.95. The number of amides is 1. The summed E-state index contributed by atoms with van der Waals surface area (Å²) in [6.45, 7) is 0. The van der Waals surface area contributed by atoms with E-state index < -0.39 is 23.5 Å². The largest absolute Gasteiger partial charge is 0.422 e. The molecule has 0 unspecified atom stereocenters. The average molecular weight is 470 g/mol. The molecule has 0 atom stereocenters. The number of hydrogen-bond acceptors (Lipinski definition) is 3. The van der Waals surface area contributed by atoms with Crippen LogP contribution in [-0.4, -0.2) is 17.9 Å². The fourth-order valence-electron chi connectivity index (χ4n) is 3.94. The number of benzene rings is 3. The number of hydrogen-bond donors (Lipinski definition) is 1. The third-order valence-electron chi connectivity index (χ3n) is 5.69. The van der Waals surface area contributed by atoms with E-state index in [1.165, 1.54) is 36.4 Å². The van der Waals surface area contributed by atoms with Gasteiger partial charge in [-0.1, -0.05) is 36.9 Å². The Balaban J connectivity index is 1.67. The van der Waals surface area contributed by atoms with Gasteiger partial charge in [0.25, 0.3) is 5.91 Å². The maximum absolute atomic E-state index is 14.4. The van der Waals surface area contributed by atoms with Gasteiger partial charge in [-0.2, -0.15) is 0 Å². The summed E-state index contributed by atoms with van der Waals surface area (Å²) in [6, 6.07) is 13.9. The number of ether oxygens (including phenoxy) is 1. The molecule has 1 aliphatic rings. The molecule has 4 nitrogen and oxygen atoms in total. The van der Waals surface area contributed by atoms with Crippen LogP contribution >= 0.6 is 11.6 Å². The van der Waals surface area contributed by atoms with Crippen LogP contribution in [-0.2, 0) is 0 Å². The first-order valence-electron chi connectivity index (χ1n) is 10.8. The van der Waals surface area contributed by atoms with Crippen LogP contribution in [0.2, 0.25) is 5.02 Å². The molecule has 0 bridgehead atoms. The highest BCUT2D eigenvalue weighted by atomic mass is 35.5. The third kappa shape index (κ3) is 5.57. The number of nitrogens with one attached hydrogen (secondary N) is 1. The number of halogens is 3. The zero-order valence-corrected chi connectivity index (χ0v) is 18.5. The van der Waals surface area contributed by atoms with Crippen LogP contribution < -0.4 is 10.1 Å². The van der Waals surface area contributed by atoms with Gasteiger partial charge in [-0.05, 0) is 66.9 Å². The van der Waals surface area contributed by atoms with Gasteiger partial charge < -0.3 is 10.1 Å². The Hall–Kier alpha value is -3.25. The van der Waals surface area contributed by atoms with Crippen molar-refractivity contribution in [2.45, 2.75) is 38.1 Å². The maximum atomic E-state index is 14.4. The van der Waals surface area contributed by atoms with Gasteiger partial charge >= 0.3 is 5.97 Å². The van der Waals surface area contributed by atoms with Gasteiger partial charge in [-0.15, -0.1) is 0 Å². The molecule has 0 aliphatic heterocycles. The number of carbonyl (C=O) groups excluding carboxylic acids is 2. The summed E-state index contributed by atoms with van der Waals surface area (Å²) >= 11 is 5.87. The molecule has 0 spiro atoms. The van der Waals surface area contributed by atoms with Gasteiger partial charge in [0.1, 0.15) is 17.4 Å². The molecule has 0 aromatic heterocycles. The first-order valence-corrected chi connectivity index (χ1v) is 11.2. The van der Waals surface area contributed by atoms with Crippen LogP contribution in [0.5, 0.6) is 5.75 Å². The molecular weight excluding hydrogens is 448 g/mol. The van der Waals surface area contributed by atoms with Gasteiger partial charge in [0.15, 0.2) is 0 Å². The number of rotatable bonds is 5. The van der Waals surface area contributed by atoms with Crippen molar-refractivity contribution in [1.82, 2.24) is 5.32 Å². The molecule has 1 amide bonds. The minimum Gasteiger partial charge on any atom is -0.422 e. The van der Waals surface area contributed by atoms with Crippen molar-refractivity contribution in [3.63, 3.8) is 0 Å². The molecular formula is C26H22ClF2NO3. The second-order valence-corrected chi connectivity index (χ2v) is 8.48. The van der Waals surface area contributed by atoms with Crippen LogP contribution in [0.3, 0.4) is 0 Å². The molecule has 1 saturated carbocycles. The molecule has 1 fully saturated rings. The summed E-state index contributed by atoms with van der Waals surface area (Å²) < 4.78 is 33.2. The Kier molecular flexibility index (Phi) is 7.04. The predicted octanol–water partition coefficient (Wildman–Crippen LogP) is 6.57. The molecule has 0 heterocycles. The van der Waals surface area contributed by atoms with E-state index in [4.69, 9.17) is 16.3 Å². The summed E-state index contributed by atoms with van der Waals surface area (Å²) in [7, 11) is 0. The van der Waals surface area contributed by atoms with E-state index >= 15 is 0 Å². The number of esters is 1. The molecule has 0 saturated heterocycles. The van der Waals surface area contributed by atoms with Gasteiger partial charge in [0.2, 0.25) is 0 Å². The highest BCUT2D eigenvalue weighted by molar-refractivity contribution is 6.30. The Morgan fingerprint density at radius 3 is 2.33 bits per heavy atom. The van der Waals surface area contributed by atoms with E-state index in [9.17, 15) is 18.4 Å². The van der Waals surface area contributed by atoms with Gasteiger partial charge in [-0.3, -0.25) is 4.79 Å². The fourth-order valence-corrected chi connectivity index (χ4v) is 4.07. The minimum absolute atomic E-state index is 0.0253. The van der Waals surface area contributed by atoms with Crippen molar-refractivity contribution < 1.29 is 23.1 Å². The first kappa shape index (κ1) is 22.9. The summed E-state index contributed by atoms with van der Waals surface area (Å²) in [5.74, 6) is -2.46. The Morgan fingerprint density at radius 2 is 1.64 bits per heavy atom. The van der Waals surface area contributed by atoms with Gasteiger partial charge in [0.05, 0.1) is 11.1 Å². The minimum atomic E-state index is -0.750. The smallest absolute Gasteiger partial charge is 0.343 e. The molecule has 1 N–H and O–H groups in total. The Morgan fingerprint density at radius 1 is 0.909 bits per heavy atom. The molecule has 33 heavy (non-hydrogen) atoms. The predicted molar refractivity (Wildman–Crippen MR) is 123 cm³/mol. The van der Waals surface area contributed by atoms with Crippen molar-refractivity contribution >= 4 is 23.5 Å². The summed E-state index contributed by atoms with van der Waals surface area (Å²) in [5, 5.41) is 3.47. The van der Waals surface area contributed by atoms with E-state index in [-0.39, 0.29) is 28.5 Å². The van der Waals surface area contributed by atoms with Crippen molar-refractivity contribution in [3.05, 3.63) is 88.4 Å². The molecule has 3 aromatic rings. The molecule has 170 valence electrons. The van der Waals surface area contributed by atoms with E-state index in [0.29, 0.717) is 10.6 Å². The lowest BCUT2D eigenvalue weighted by molar-refractivity contribution is 0.0731. The quantitative estimate of drug-likeness (QED) is 0.340. The second-order valence-electron chi connectivity index (χ2n) is 8.04. The zero-order chi connectivity index (χ0) is 23.4. The van der Waals surface area contributed by atoms with Gasteiger partial charge in [0, 0.05) is 22.7 Å². The number of carbonyl (C=O) groups is 2. The second kappa shape index (κ2) is 10.1. The fraction of sp³-hybridized carbons (Fsp3) is 0.231. The summed E-state index contributed by atoms with van der Waals surface area (Å²) in [6.07, 6.45) is 4.94. The summed E-state index contributed by atoms with van der Waals surface area (Å²) in [4.78, 5) is 25.8. The van der Waals surface area contributed by atoms with Crippen molar-refractivity contribution in [2.24, 2.45) is 0 Å². The van der Waals surface area contributed by atoms with Gasteiger partial charge in [-0.25, -0.2) is 13.6 Å². The molecule has 1 aliphatic carbocycles. The standard InChI is InChI=1S/C26H22ClF2NO3/c27-18-9-6-16(7-10-18)26(32)33-24-13-8-17(21-12-11-19(28)15-23(21)29)14-22(24)25(31)30-20-4-2-1-3-5-20/h6-15,20H,1-5H2,(H,30,31). The first-order chi connectivity index (χ1) is 15.9. The normalized spacial score (nSPS) is 14.0. The van der Waals surface area contributed by atoms with Crippen LogP contribution in [0.25, 0.3) is 11.1 Å². The van der Waals surface area contributed by atoms with E-state index in [0.717, 1.165) is 44.2 Å². The molecule has 3 aromatic carbocycles. The van der Waals surface area contributed by atoms with Crippen molar-refractivity contribution in [2.75, 3.05) is 0 Å². The monoisotopic (exact) mass is 469 g/mol. The highest BCUT2D eigenvalue weighted by Gasteiger charge is 2.22. The van der Waals surface area contributed by atoms with Crippen LogP contribution in [0.4, 0.5) is 8.78 Å². The van der Waals surface area contributed by atoms with Crippen LogP contribution in [0, 0.1) is 11.6 Å². The van der Waals surface area contributed by atoms with Crippen LogP contribution in [0.15, 0.2) is 60.7 Å². The lowest BCUT2D eigenvalue weighted by Crippen LogP contribution is -2.36. The maximum Gasteiger partial charge on any atom is 0.343 e. The SMILES string of the molecule is O=C(Oc1ccc(-c2ccc(F)cc2F)cc1C(=O)NC1CCCCC1)c1ccc(Cl)cc1. The van der Waals surface area contributed by atoms with E-state index in [1.807, 2.05) is 0 Å². The van der Waals surface area contributed by atoms with Crippen LogP contribution in [0.1, 0.15) is 52.8 Å². The zero-order valence-electron chi connectivity index (χ0n) is 17.7. The molecule has 0 radical (unpaired) electrons. The molecule has 4 rings (SSSR count). The Bertz CT molecular complexity index is 1170. The highest BCUT2D eigenvalue weighted by Crippen LogP contribution is 2.30. The average Bonchev–Trinajstić information content (AvgIpc) is 2.80. The third-order valence-corrected chi connectivity index (χ3v) is 5.94. The topological polar surface area (TPSA) is 55.4 Å². The van der Waals surface area contributed by atoms with E-state index in [2.05, 4.69) is 5.32 Å². The molecule has 7 heteroatoms. The van der Waals surface area contributed by atoms with Crippen molar-refractivity contribution in [1.29, 1.82) is 0 Å². The van der Waals surface area contributed by atoms with E-state index in [1.54, 1.807) is 12.1 Å².